The van der Waals surface area contributed by atoms with Crippen LogP contribution in [0.15, 0.2) is 28.9 Å². The molecule has 0 amide bonds. The van der Waals surface area contributed by atoms with Crippen molar-refractivity contribution < 1.29 is 9.52 Å². The molecule has 0 aliphatic rings. The van der Waals surface area contributed by atoms with Crippen molar-refractivity contribution in [2.24, 2.45) is 0 Å². The summed E-state index contributed by atoms with van der Waals surface area (Å²) in [4.78, 5) is 0. The molecule has 1 N–H and O–H groups in total. The molecule has 1 aromatic heterocycles. The summed E-state index contributed by atoms with van der Waals surface area (Å²) >= 11 is 0. The molecule has 56 valence electrons. The van der Waals surface area contributed by atoms with Crippen LogP contribution < -0.4 is 0 Å². The summed E-state index contributed by atoms with van der Waals surface area (Å²) in [6.07, 6.45) is 8.77. The van der Waals surface area contributed by atoms with Crippen molar-refractivity contribution in [2.45, 2.75) is 6.10 Å². The van der Waals surface area contributed by atoms with E-state index < -0.39 is 6.10 Å². The molecule has 0 aliphatic heterocycles. The van der Waals surface area contributed by atoms with Gasteiger partial charge >= 0.3 is 0 Å². The maximum Gasteiger partial charge on any atom is 0.133 e. The molecule has 1 rings (SSSR count). The van der Waals surface area contributed by atoms with Crippen LogP contribution in [0.1, 0.15) is 5.76 Å². The summed E-state index contributed by atoms with van der Waals surface area (Å²) in [6, 6.07) is 3.54. The Morgan fingerprint density at radius 3 is 3.09 bits per heavy atom. The first-order valence-corrected chi connectivity index (χ1v) is 3.19. The van der Waals surface area contributed by atoms with Crippen molar-refractivity contribution >= 4 is 6.08 Å². The van der Waals surface area contributed by atoms with E-state index in [9.17, 15) is 0 Å². The molecule has 0 spiro atoms. The van der Waals surface area contributed by atoms with Crippen LogP contribution in [-0.2, 0) is 0 Å². The maximum absolute atomic E-state index is 8.89. The predicted octanol–water partition coefficient (Wildman–Crippen LogP) is 1.29. The number of hydrogen-bond donors (Lipinski definition) is 1. The van der Waals surface area contributed by atoms with E-state index in [1.165, 1.54) is 6.08 Å². The number of aliphatic hydroxyl groups excluding tert-OH is 1. The minimum Gasteiger partial charge on any atom is -0.465 e. The average molecular weight is 148 g/mol. The van der Waals surface area contributed by atoms with E-state index in [0.29, 0.717) is 5.76 Å². The fraction of sp³-hybridized carbons (Fsp3) is 0.111. The van der Waals surface area contributed by atoms with Gasteiger partial charge in [-0.2, -0.15) is 0 Å². The molecule has 1 atom stereocenters. The van der Waals surface area contributed by atoms with Crippen LogP contribution in [0, 0.1) is 12.3 Å². The van der Waals surface area contributed by atoms with Crippen molar-refractivity contribution in [3.63, 3.8) is 0 Å². The van der Waals surface area contributed by atoms with Gasteiger partial charge in [0.1, 0.15) is 11.9 Å². The Balaban J connectivity index is 2.57. The van der Waals surface area contributed by atoms with Crippen molar-refractivity contribution in [1.29, 1.82) is 0 Å². The van der Waals surface area contributed by atoms with E-state index >= 15 is 0 Å². The standard InChI is InChI=1S/C9H8O2/c1-2-8(10)5-6-9-4-3-7-11-9/h1,3-8,10H. The summed E-state index contributed by atoms with van der Waals surface area (Å²) in [5, 5.41) is 8.89. The number of hydrogen-bond acceptors (Lipinski definition) is 2. The molecule has 2 nitrogen and oxygen atoms in total. The van der Waals surface area contributed by atoms with Crippen LogP contribution >= 0.6 is 0 Å². The van der Waals surface area contributed by atoms with Gasteiger partial charge in [0.05, 0.1) is 6.26 Å². The second kappa shape index (κ2) is 3.65. The van der Waals surface area contributed by atoms with Gasteiger partial charge in [0.2, 0.25) is 0 Å². The van der Waals surface area contributed by atoms with E-state index in [1.54, 1.807) is 24.5 Å². The molecule has 1 unspecified atom stereocenters. The molecule has 0 radical (unpaired) electrons. The molecule has 0 saturated heterocycles. The SMILES string of the molecule is C#CC(O)C=Cc1ccco1. The zero-order valence-corrected chi connectivity index (χ0v) is 5.90. The topological polar surface area (TPSA) is 33.4 Å². The van der Waals surface area contributed by atoms with Gasteiger partial charge in [0.15, 0.2) is 0 Å². The molecule has 0 fully saturated rings. The fourth-order valence-corrected chi connectivity index (χ4v) is 0.628. The second-order valence-electron chi connectivity index (χ2n) is 1.99. The summed E-state index contributed by atoms with van der Waals surface area (Å²) in [5.41, 5.74) is 0. The normalized spacial score (nSPS) is 13.1. The van der Waals surface area contributed by atoms with Crippen LogP contribution in [0.25, 0.3) is 6.08 Å². The Bertz CT molecular complexity index is 264. The van der Waals surface area contributed by atoms with Crippen molar-refractivity contribution in [3.8, 4) is 12.3 Å². The number of furan rings is 1. The lowest BCUT2D eigenvalue weighted by molar-refractivity contribution is 0.281. The van der Waals surface area contributed by atoms with Gasteiger partial charge < -0.3 is 9.52 Å². The highest BCUT2D eigenvalue weighted by molar-refractivity contribution is 5.43. The Kier molecular flexibility index (Phi) is 2.53. The van der Waals surface area contributed by atoms with Gasteiger partial charge in [-0.25, -0.2) is 0 Å². The van der Waals surface area contributed by atoms with Gasteiger partial charge in [0.25, 0.3) is 0 Å². The lowest BCUT2D eigenvalue weighted by atomic mass is 10.3. The third-order valence-corrected chi connectivity index (χ3v) is 1.16. The largest absolute Gasteiger partial charge is 0.465 e. The quantitative estimate of drug-likeness (QED) is 0.641. The van der Waals surface area contributed by atoms with Crippen LogP contribution in [0.5, 0.6) is 0 Å². The summed E-state index contributed by atoms with van der Waals surface area (Å²) in [6.45, 7) is 0. The molecule has 1 heterocycles. The third kappa shape index (κ3) is 2.32. The first-order valence-electron chi connectivity index (χ1n) is 3.19. The molecule has 0 aliphatic carbocycles. The van der Waals surface area contributed by atoms with E-state index in [1.807, 2.05) is 0 Å². The number of rotatable bonds is 2. The Hall–Kier alpha value is -1.46. The predicted molar refractivity (Wildman–Crippen MR) is 42.6 cm³/mol. The van der Waals surface area contributed by atoms with Gasteiger partial charge in [-0.1, -0.05) is 5.92 Å². The van der Waals surface area contributed by atoms with E-state index in [-0.39, 0.29) is 0 Å². The number of terminal acetylenes is 1. The summed E-state index contributed by atoms with van der Waals surface area (Å²) in [7, 11) is 0. The highest BCUT2D eigenvalue weighted by atomic mass is 16.3. The highest BCUT2D eigenvalue weighted by Gasteiger charge is 1.91. The zero-order valence-electron chi connectivity index (χ0n) is 5.90. The van der Waals surface area contributed by atoms with Crippen LogP contribution in [-0.4, -0.2) is 11.2 Å². The first kappa shape index (κ1) is 7.64. The molecule has 0 aromatic carbocycles. The van der Waals surface area contributed by atoms with Gasteiger partial charge in [0, 0.05) is 0 Å². The lowest BCUT2D eigenvalue weighted by Crippen LogP contribution is -1.94. The average Bonchev–Trinajstić information content (AvgIpc) is 2.52. The van der Waals surface area contributed by atoms with Crippen LogP contribution in [0.4, 0.5) is 0 Å². The zero-order chi connectivity index (χ0) is 8.10. The fourth-order valence-electron chi connectivity index (χ4n) is 0.628. The molecule has 1 aromatic rings. The monoisotopic (exact) mass is 148 g/mol. The molecular weight excluding hydrogens is 140 g/mol. The van der Waals surface area contributed by atoms with Crippen molar-refractivity contribution in [3.05, 3.63) is 30.2 Å². The van der Waals surface area contributed by atoms with Gasteiger partial charge in [-0.05, 0) is 24.3 Å². The van der Waals surface area contributed by atoms with E-state index in [2.05, 4.69) is 5.92 Å². The third-order valence-electron chi connectivity index (χ3n) is 1.16. The molecular formula is C9H8O2. The van der Waals surface area contributed by atoms with E-state index in [0.717, 1.165) is 0 Å². The van der Waals surface area contributed by atoms with Crippen LogP contribution in [0.2, 0.25) is 0 Å². The van der Waals surface area contributed by atoms with Gasteiger partial charge in [-0.15, -0.1) is 6.42 Å². The summed E-state index contributed by atoms with van der Waals surface area (Å²) < 4.78 is 4.96. The van der Waals surface area contributed by atoms with E-state index in [4.69, 9.17) is 15.9 Å². The van der Waals surface area contributed by atoms with Crippen molar-refractivity contribution in [2.75, 3.05) is 0 Å². The Morgan fingerprint density at radius 2 is 2.55 bits per heavy atom. The van der Waals surface area contributed by atoms with Crippen LogP contribution in [0.3, 0.4) is 0 Å². The minimum atomic E-state index is -0.833. The molecule has 11 heavy (non-hydrogen) atoms. The minimum absolute atomic E-state index is 0.680. The molecule has 0 saturated carbocycles. The Labute approximate surface area is 65.2 Å². The first-order chi connectivity index (χ1) is 5.33. The smallest absolute Gasteiger partial charge is 0.133 e. The Morgan fingerprint density at radius 1 is 1.73 bits per heavy atom. The second-order valence-corrected chi connectivity index (χ2v) is 1.99. The summed E-state index contributed by atoms with van der Waals surface area (Å²) in [5.74, 6) is 2.83. The molecule has 0 bridgehead atoms. The highest BCUT2D eigenvalue weighted by Crippen LogP contribution is 2.02. The lowest BCUT2D eigenvalue weighted by Gasteiger charge is -1.90. The van der Waals surface area contributed by atoms with Crippen molar-refractivity contribution in [1.82, 2.24) is 0 Å². The van der Waals surface area contributed by atoms with Gasteiger partial charge in [-0.3, -0.25) is 0 Å². The number of aliphatic hydroxyl groups is 1. The maximum atomic E-state index is 8.89. The molecule has 2 heteroatoms.